The molecule has 14 heavy (non-hydrogen) atoms. The lowest BCUT2D eigenvalue weighted by Gasteiger charge is -2.09. The van der Waals surface area contributed by atoms with Crippen LogP contribution in [0, 0.1) is 0 Å². The first-order valence-corrected chi connectivity index (χ1v) is 6.03. The summed E-state index contributed by atoms with van der Waals surface area (Å²) in [5, 5.41) is 10.9. The lowest BCUT2D eigenvalue weighted by Crippen LogP contribution is -2.28. The van der Waals surface area contributed by atoms with Gasteiger partial charge in [-0.15, -0.1) is 0 Å². The molecule has 0 aliphatic heterocycles. The number of carbonyl (C=O) groups excluding carboxylic acids is 1. The third-order valence-electron chi connectivity index (χ3n) is 1.71. The van der Waals surface area contributed by atoms with Crippen LogP contribution in [0.2, 0.25) is 0 Å². The van der Waals surface area contributed by atoms with Crippen molar-refractivity contribution < 1.29 is 18.8 Å². The molecule has 84 valence electrons. The molecule has 2 atom stereocenters. The molecule has 0 fully saturated rings. The van der Waals surface area contributed by atoms with Crippen LogP contribution >= 0.6 is 0 Å². The van der Waals surface area contributed by atoms with Crippen LogP contribution in [0.4, 0.5) is 4.79 Å². The smallest absolute Gasteiger partial charge is 0.407 e. The molecule has 0 aliphatic rings. The standard InChI is InChI=1S/C8H17NO4S/c1-7(14(2)12)3-4-9-8(11)13-6-5-10/h7,10H,3-6H2,1-2H3,(H,9,11). The number of nitrogens with one attached hydrogen (secondary N) is 1. The van der Waals surface area contributed by atoms with Gasteiger partial charge in [-0.1, -0.05) is 6.92 Å². The van der Waals surface area contributed by atoms with Crippen molar-refractivity contribution in [2.24, 2.45) is 0 Å². The number of hydrogen-bond acceptors (Lipinski definition) is 4. The number of aliphatic hydroxyl groups is 1. The van der Waals surface area contributed by atoms with Crippen LogP contribution in [0.5, 0.6) is 0 Å². The van der Waals surface area contributed by atoms with Gasteiger partial charge in [0.15, 0.2) is 0 Å². The number of ether oxygens (including phenoxy) is 1. The van der Waals surface area contributed by atoms with E-state index in [9.17, 15) is 9.00 Å². The van der Waals surface area contributed by atoms with Crippen LogP contribution in [0.3, 0.4) is 0 Å². The molecular formula is C8H17NO4S. The van der Waals surface area contributed by atoms with E-state index in [1.54, 1.807) is 6.26 Å². The molecule has 6 heteroatoms. The minimum atomic E-state index is -0.862. The summed E-state index contributed by atoms with van der Waals surface area (Å²) in [6.45, 7) is 2.12. The maximum atomic E-state index is 10.9. The number of carbonyl (C=O) groups is 1. The van der Waals surface area contributed by atoms with E-state index in [1.165, 1.54) is 0 Å². The molecule has 5 nitrogen and oxygen atoms in total. The zero-order valence-corrected chi connectivity index (χ0v) is 9.30. The summed E-state index contributed by atoms with van der Waals surface area (Å²) in [5.41, 5.74) is 0. The number of alkyl carbamates (subject to hydrolysis) is 1. The summed E-state index contributed by atoms with van der Waals surface area (Å²) >= 11 is 0. The monoisotopic (exact) mass is 223 g/mol. The molecule has 0 saturated carbocycles. The number of hydrogen-bond donors (Lipinski definition) is 2. The van der Waals surface area contributed by atoms with Gasteiger partial charge in [0, 0.05) is 28.9 Å². The molecule has 0 spiro atoms. The van der Waals surface area contributed by atoms with Crippen LogP contribution in [0.25, 0.3) is 0 Å². The quantitative estimate of drug-likeness (QED) is 0.657. The van der Waals surface area contributed by atoms with Gasteiger partial charge in [0.2, 0.25) is 0 Å². The second-order valence-electron chi connectivity index (χ2n) is 2.88. The van der Waals surface area contributed by atoms with Crippen molar-refractivity contribution in [2.45, 2.75) is 18.6 Å². The predicted octanol–water partition coefficient (Wildman–Crippen LogP) is -0.138. The van der Waals surface area contributed by atoms with Gasteiger partial charge >= 0.3 is 6.09 Å². The highest BCUT2D eigenvalue weighted by atomic mass is 32.2. The number of rotatable bonds is 6. The van der Waals surface area contributed by atoms with Crippen molar-refractivity contribution >= 4 is 16.9 Å². The molecule has 0 aliphatic carbocycles. The van der Waals surface area contributed by atoms with Gasteiger partial charge in [0.05, 0.1) is 6.61 Å². The third kappa shape index (κ3) is 6.85. The SMILES string of the molecule is CC(CCNC(=O)OCCO)S(C)=O. The van der Waals surface area contributed by atoms with Crippen molar-refractivity contribution in [1.29, 1.82) is 0 Å². The van der Waals surface area contributed by atoms with Crippen molar-refractivity contribution in [3.05, 3.63) is 0 Å². The summed E-state index contributed by atoms with van der Waals surface area (Å²) in [5.74, 6) is 0. The highest BCUT2D eigenvalue weighted by Crippen LogP contribution is 1.97. The van der Waals surface area contributed by atoms with E-state index >= 15 is 0 Å². The fourth-order valence-electron chi connectivity index (χ4n) is 0.733. The third-order valence-corrected chi connectivity index (χ3v) is 3.08. The van der Waals surface area contributed by atoms with Crippen LogP contribution in [-0.2, 0) is 15.5 Å². The van der Waals surface area contributed by atoms with E-state index in [2.05, 4.69) is 10.1 Å². The second kappa shape index (κ2) is 7.75. The molecule has 1 amide bonds. The van der Waals surface area contributed by atoms with Crippen molar-refractivity contribution in [2.75, 3.05) is 26.0 Å². The van der Waals surface area contributed by atoms with Gasteiger partial charge in [-0.25, -0.2) is 4.79 Å². The van der Waals surface area contributed by atoms with Crippen LogP contribution in [-0.4, -0.2) is 46.7 Å². The molecule has 0 bridgehead atoms. The Bertz CT molecular complexity index is 198. The van der Waals surface area contributed by atoms with E-state index in [0.717, 1.165) is 0 Å². The van der Waals surface area contributed by atoms with Gasteiger partial charge in [-0.3, -0.25) is 4.21 Å². The Morgan fingerprint density at radius 3 is 2.79 bits per heavy atom. The fraction of sp³-hybridized carbons (Fsp3) is 0.875. The first kappa shape index (κ1) is 13.4. The van der Waals surface area contributed by atoms with Crippen LogP contribution < -0.4 is 5.32 Å². The van der Waals surface area contributed by atoms with E-state index < -0.39 is 16.9 Å². The Kier molecular flexibility index (Phi) is 7.41. The van der Waals surface area contributed by atoms with Crippen molar-refractivity contribution in [3.63, 3.8) is 0 Å². The molecule has 0 rings (SSSR count). The topological polar surface area (TPSA) is 75.6 Å². The Labute approximate surface area is 86.3 Å². The van der Waals surface area contributed by atoms with Crippen LogP contribution in [0.1, 0.15) is 13.3 Å². The Hall–Kier alpha value is -0.620. The summed E-state index contributed by atoms with van der Waals surface area (Å²) < 4.78 is 15.5. The van der Waals surface area contributed by atoms with E-state index in [-0.39, 0.29) is 18.5 Å². The van der Waals surface area contributed by atoms with Gasteiger partial charge in [0.1, 0.15) is 6.61 Å². The van der Waals surface area contributed by atoms with Crippen LogP contribution in [0.15, 0.2) is 0 Å². The number of aliphatic hydroxyl groups excluding tert-OH is 1. The van der Waals surface area contributed by atoms with Crippen molar-refractivity contribution in [3.8, 4) is 0 Å². The van der Waals surface area contributed by atoms with E-state index in [0.29, 0.717) is 13.0 Å². The lowest BCUT2D eigenvalue weighted by molar-refractivity contribution is 0.119. The molecule has 2 N–H and O–H groups in total. The van der Waals surface area contributed by atoms with E-state index in [4.69, 9.17) is 5.11 Å². The van der Waals surface area contributed by atoms with Gasteiger partial charge in [-0.2, -0.15) is 0 Å². The second-order valence-corrected chi connectivity index (χ2v) is 4.69. The minimum absolute atomic E-state index is 0.00109. The maximum Gasteiger partial charge on any atom is 0.407 e. The largest absolute Gasteiger partial charge is 0.447 e. The summed E-state index contributed by atoms with van der Waals surface area (Å²) in [4.78, 5) is 10.8. The molecule has 2 unspecified atom stereocenters. The minimum Gasteiger partial charge on any atom is -0.447 e. The Morgan fingerprint density at radius 1 is 1.64 bits per heavy atom. The average molecular weight is 223 g/mol. The zero-order chi connectivity index (χ0) is 11.0. The fourth-order valence-corrected chi connectivity index (χ4v) is 1.18. The Morgan fingerprint density at radius 2 is 2.29 bits per heavy atom. The number of amides is 1. The molecule has 0 saturated heterocycles. The average Bonchev–Trinajstić information content (AvgIpc) is 2.14. The summed E-state index contributed by atoms with van der Waals surface area (Å²) in [6, 6.07) is 0. The van der Waals surface area contributed by atoms with E-state index in [1.807, 2.05) is 6.92 Å². The normalized spacial score (nSPS) is 14.5. The van der Waals surface area contributed by atoms with Gasteiger partial charge < -0.3 is 15.2 Å². The molecule has 0 aromatic rings. The molecule has 0 aromatic carbocycles. The summed E-state index contributed by atoms with van der Waals surface area (Å²) in [7, 11) is -0.862. The maximum absolute atomic E-state index is 10.9. The van der Waals surface area contributed by atoms with Crippen molar-refractivity contribution in [1.82, 2.24) is 5.32 Å². The lowest BCUT2D eigenvalue weighted by atomic mass is 10.3. The summed E-state index contributed by atoms with van der Waals surface area (Å²) in [6.07, 6.45) is 1.74. The first-order valence-electron chi connectivity index (χ1n) is 4.41. The zero-order valence-electron chi connectivity index (χ0n) is 8.49. The highest BCUT2D eigenvalue weighted by Gasteiger charge is 2.06. The molecular weight excluding hydrogens is 206 g/mol. The Balaban J connectivity index is 3.44. The predicted molar refractivity (Wildman–Crippen MR) is 54.6 cm³/mol. The highest BCUT2D eigenvalue weighted by molar-refractivity contribution is 7.84. The first-order chi connectivity index (χ1) is 6.57. The molecule has 0 heterocycles. The molecule has 0 aromatic heterocycles. The molecule has 0 radical (unpaired) electrons. The van der Waals surface area contributed by atoms with Gasteiger partial charge in [-0.05, 0) is 6.42 Å². The van der Waals surface area contributed by atoms with Gasteiger partial charge in [0.25, 0.3) is 0 Å².